The van der Waals surface area contributed by atoms with Crippen molar-refractivity contribution in [3.63, 3.8) is 0 Å². The third kappa shape index (κ3) is 5.81. The number of methoxy groups -OCH3 is 1. The van der Waals surface area contributed by atoms with Crippen molar-refractivity contribution in [2.75, 3.05) is 18.2 Å². The lowest BCUT2D eigenvalue weighted by molar-refractivity contribution is -0.113. The second kappa shape index (κ2) is 11.1. The molecule has 1 heterocycles. The molecule has 1 aromatic heterocycles. The lowest BCUT2D eigenvalue weighted by atomic mass is 10.1. The average Bonchev–Trinajstić information content (AvgIpc) is 3.27. The lowest BCUT2D eigenvalue weighted by Crippen LogP contribution is -2.16. The van der Waals surface area contributed by atoms with E-state index in [0.717, 1.165) is 22.6 Å². The quantitative estimate of drug-likeness (QED) is 0.318. The second-order valence-corrected chi connectivity index (χ2v) is 8.68. The minimum Gasteiger partial charge on any atom is -0.497 e. The molecule has 4 rings (SSSR count). The number of nitrogens with zero attached hydrogens (tertiary/aromatic N) is 3. The van der Waals surface area contributed by atoms with E-state index in [-0.39, 0.29) is 24.0 Å². The zero-order chi connectivity index (χ0) is 24.8. The number of aromatic nitrogens is 3. The summed E-state index contributed by atoms with van der Waals surface area (Å²) in [6.45, 7) is 4.23. The molecule has 0 saturated carbocycles. The molecule has 7 nitrogen and oxygen atoms in total. The Morgan fingerprint density at radius 3 is 2.49 bits per heavy atom. The molecule has 0 unspecified atom stereocenters. The summed E-state index contributed by atoms with van der Waals surface area (Å²) in [7, 11) is 1.61. The van der Waals surface area contributed by atoms with Crippen molar-refractivity contribution in [2.24, 2.45) is 0 Å². The Bertz CT molecular complexity index is 1320. The lowest BCUT2D eigenvalue weighted by Gasteiger charge is -2.15. The number of amides is 1. The summed E-state index contributed by atoms with van der Waals surface area (Å²) in [6.07, 6.45) is 0. The van der Waals surface area contributed by atoms with Gasteiger partial charge in [-0.25, -0.2) is 4.39 Å². The Morgan fingerprint density at radius 2 is 1.74 bits per heavy atom. The highest BCUT2D eigenvalue weighted by Gasteiger charge is 2.19. The Balaban J connectivity index is 1.55. The van der Waals surface area contributed by atoms with Gasteiger partial charge in [-0.3, -0.25) is 9.36 Å². The Hall–Kier alpha value is -3.85. The number of carbonyl (C=O) groups is 1. The predicted octanol–water partition coefficient (Wildman–Crippen LogP) is 5.34. The van der Waals surface area contributed by atoms with Gasteiger partial charge in [0, 0.05) is 0 Å². The van der Waals surface area contributed by atoms with Crippen molar-refractivity contribution in [3.05, 3.63) is 89.5 Å². The van der Waals surface area contributed by atoms with Crippen LogP contribution in [0.4, 0.5) is 10.1 Å². The highest BCUT2D eigenvalue weighted by Crippen LogP contribution is 2.27. The van der Waals surface area contributed by atoms with E-state index in [9.17, 15) is 9.18 Å². The fourth-order valence-corrected chi connectivity index (χ4v) is 4.17. The van der Waals surface area contributed by atoms with E-state index in [1.807, 2.05) is 60.9 Å². The summed E-state index contributed by atoms with van der Waals surface area (Å²) in [6, 6.07) is 19.3. The summed E-state index contributed by atoms with van der Waals surface area (Å²) in [5.74, 6) is 1.21. The van der Waals surface area contributed by atoms with Crippen molar-refractivity contribution in [1.82, 2.24) is 14.8 Å². The number of carbonyl (C=O) groups excluding carboxylic acids is 1. The van der Waals surface area contributed by atoms with E-state index in [1.54, 1.807) is 19.2 Å². The fraction of sp³-hybridized carbons (Fsp3) is 0.192. The average molecular weight is 493 g/mol. The van der Waals surface area contributed by atoms with Gasteiger partial charge in [0.05, 0.1) is 24.2 Å². The molecule has 1 N–H and O–H groups in total. The number of aryl methyl sites for hydroxylation is 1. The standard InChI is InChI=1S/C26H25FN4O3S/c1-17-7-6-10-23(18(17)2)31-24(15-34-20-13-11-19(33-3)12-14-20)29-30-26(31)35-16-25(32)28-22-9-5-4-8-21(22)27/h4-14H,15-16H2,1-3H3,(H,28,32). The molecule has 0 spiro atoms. The number of anilines is 1. The summed E-state index contributed by atoms with van der Waals surface area (Å²) in [5, 5.41) is 11.8. The topological polar surface area (TPSA) is 78.3 Å². The Morgan fingerprint density at radius 1 is 1.00 bits per heavy atom. The SMILES string of the molecule is COc1ccc(OCc2nnc(SCC(=O)Nc3ccccc3F)n2-c2cccc(C)c2C)cc1. The van der Waals surface area contributed by atoms with Gasteiger partial charge < -0.3 is 14.8 Å². The molecular formula is C26H25FN4O3S. The van der Waals surface area contributed by atoms with Crippen molar-refractivity contribution < 1.29 is 18.7 Å². The van der Waals surface area contributed by atoms with E-state index in [1.165, 1.54) is 23.9 Å². The Kier molecular flexibility index (Phi) is 7.67. The minimum atomic E-state index is -0.484. The van der Waals surface area contributed by atoms with Crippen molar-refractivity contribution in [1.29, 1.82) is 0 Å². The Labute approximate surface area is 207 Å². The van der Waals surface area contributed by atoms with E-state index in [4.69, 9.17) is 9.47 Å². The zero-order valence-electron chi connectivity index (χ0n) is 19.6. The number of para-hydroxylation sites is 1. The maximum absolute atomic E-state index is 13.9. The van der Waals surface area contributed by atoms with Crippen molar-refractivity contribution in [3.8, 4) is 17.2 Å². The van der Waals surface area contributed by atoms with Gasteiger partial charge in [0.2, 0.25) is 5.91 Å². The summed E-state index contributed by atoms with van der Waals surface area (Å²) < 4.78 is 26.9. The van der Waals surface area contributed by atoms with Crippen LogP contribution in [0.25, 0.3) is 5.69 Å². The molecule has 3 aromatic carbocycles. The number of halogens is 1. The molecule has 35 heavy (non-hydrogen) atoms. The van der Waals surface area contributed by atoms with Crippen LogP contribution in [0.2, 0.25) is 0 Å². The molecule has 0 aliphatic heterocycles. The van der Waals surface area contributed by atoms with Gasteiger partial charge >= 0.3 is 0 Å². The van der Waals surface area contributed by atoms with E-state index < -0.39 is 5.82 Å². The summed E-state index contributed by atoms with van der Waals surface area (Å²) in [4.78, 5) is 12.5. The first-order chi connectivity index (χ1) is 17.0. The van der Waals surface area contributed by atoms with E-state index >= 15 is 0 Å². The summed E-state index contributed by atoms with van der Waals surface area (Å²) >= 11 is 1.22. The number of benzene rings is 3. The molecule has 0 bridgehead atoms. The van der Waals surface area contributed by atoms with Crippen LogP contribution in [0.3, 0.4) is 0 Å². The van der Waals surface area contributed by atoms with Gasteiger partial charge in [0.15, 0.2) is 11.0 Å². The van der Waals surface area contributed by atoms with Crippen molar-refractivity contribution in [2.45, 2.75) is 25.6 Å². The van der Waals surface area contributed by atoms with Crippen molar-refractivity contribution >= 4 is 23.4 Å². The molecular weight excluding hydrogens is 467 g/mol. The van der Waals surface area contributed by atoms with Crippen LogP contribution in [0.5, 0.6) is 11.5 Å². The number of hydrogen-bond donors (Lipinski definition) is 1. The van der Waals surface area contributed by atoms with E-state index in [0.29, 0.717) is 16.7 Å². The number of thioether (sulfide) groups is 1. The highest BCUT2D eigenvalue weighted by atomic mass is 32.2. The molecule has 0 atom stereocenters. The third-order valence-corrected chi connectivity index (χ3v) is 6.35. The van der Waals surface area contributed by atoms with Crippen LogP contribution in [-0.4, -0.2) is 33.5 Å². The smallest absolute Gasteiger partial charge is 0.234 e. The van der Waals surface area contributed by atoms with Gasteiger partial charge in [-0.1, -0.05) is 36.0 Å². The van der Waals surface area contributed by atoms with Gasteiger partial charge in [0.25, 0.3) is 0 Å². The van der Waals surface area contributed by atoms with Gasteiger partial charge in [0.1, 0.15) is 23.9 Å². The molecule has 0 radical (unpaired) electrons. The number of rotatable bonds is 9. The van der Waals surface area contributed by atoms with Crippen LogP contribution in [0, 0.1) is 19.7 Å². The molecule has 0 saturated heterocycles. The maximum atomic E-state index is 13.9. The van der Waals surface area contributed by atoms with Crippen LogP contribution >= 0.6 is 11.8 Å². The molecule has 0 aliphatic carbocycles. The zero-order valence-corrected chi connectivity index (χ0v) is 20.4. The third-order valence-electron chi connectivity index (χ3n) is 5.42. The molecule has 4 aromatic rings. The number of nitrogens with one attached hydrogen (secondary N) is 1. The number of ether oxygens (including phenoxy) is 2. The largest absolute Gasteiger partial charge is 0.497 e. The molecule has 0 aliphatic rings. The monoisotopic (exact) mass is 492 g/mol. The molecule has 180 valence electrons. The molecule has 9 heteroatoms. The number of hydrogen-bond acceptors (Lipinski definition) is 6. The second-order valence-electron chi connectivity index (χ2n) is 7.73. The summed E-state index contributed by atoms with van der Waals surface area (Å²) in [5.41, 5.74) is 3.23. The minimum absolute atomic E-state index is 0.0384. The van der Waals surface area contributed by atoms with E-state index in [2.05, 4.69) is 15.5 Å². The highest BCUT2D eigenvalue weighted by molar-refractivity contribution is 7.99. The van der Waals surface area contributed by atoms with Crippen LogP contribution < -0.4 is 14.8 Å². The first-order valence-electron chi connectivity index (χ1n) is 10.9. The van der Waals surface area contributed by atoms with Gasteiger partial charge in [-0.2, -0.15) is 0 Å². The predicted molar refractivity (Wildman–Crippen MR) is 134 cm³/mol. The molecule has 1 amide bonds. The first-order valence-corrected chi connectivity index (χ1v) is 11.9. The fourth-order valence-electron chi connectivity index (χ4n) is 3.41. The van der Waals surface area contributed by atoms with Gasteiger partial charge in [-0.05, 0) is 67.4 Å². The first kappa shape index (κ1) is 24.3. The normalized spacial score (nSPS) is 10.7. The van der Waals surface area contributed by atoms with Gasteiger partial charge in [-0.15, -0.1) is 10.2 Å². The molecule has 0 fully saturated rings. The van der Waals surface area contributed by atoms with Crippen LogP contribution in [-0.2, 0) is 11.4 Å². The van der Waals surface area contributed by atoms with Crippen LogP contribution in [0.15, 0.2) is 71.9 Å². The van der Waals surface area contributed by atoms with Crippen LogP contribution in [0.1, 0.15) is 17.0 Å². The maximum Gasteiger partial charge on any atom is 0.234 e.